The summed E-state index contributed by atoms with van der Waals surface area (Å²) in [4.78, 5) is 0. The van der Waals surface area contributed by atoms with Gasteiger partial charge >= 0.3 is 0 Å². The molecule has 1 atom stereocenters. The quantitative estimate of drug-likeness (QED) is 0.809. The lowest BCUT2D eigenvalue weighted by Crippen LogP contribution is -2.51. The van der Waals surface area contributed by atoms with Crippen LogP contribution in [-0.2, 0) is 11.2 Å². The van der Waals surface area contributed by atoms with E-state index < -0.39 is 0 Å². The van der Waals surface area contributed by atoms with Crippen molar-refractivity contribution in [2.45, 2.75) is 44.8 Å². The second-order valence-electron chi connectivity index (χ2n) is 4.76. The van der Waals surface area contributed by atoms with Gasteiger partial charge in [0, 0.05) is 23.2 Å². The zero-order chi connectivity index (χ0) is 14.5. The summed E-state index contributed by atoms with van der Waals surface area (Å²) < 4.78 is 5.79. The first-order chi connectivity index (χ1) is 9.02. The summed E-state index contributed by atoms with van der Waals surface area (Å²) in [6.07, 6.45) is 2.73. The molecule has 0 aliphatic rings. The van der Waals surface area contributed by atoms with Gasteiger partial charge in [0.15, 0.2) is 0 Å². The van der Waals surface area contributed by atoms with E-state index in [9.17, 15) is 0 Å². The van der Waals surface area contributed by atoms with Gasteiger partial charge in [-0.3, -0.25) is 0 Å². The molecule has 0 saturated carbocycles. The first kappa shape index (κ1) is 16.8. The number of nitrogens with one attached hydrogen (secondary N) is 1. The van der Waals surface area contributed by atoms with Crippen LogP contribution in [0.1, 0.15) is 32.3 Å². The average molecular weight is 304 g/mol. The molecule has 0 radical (unpaired) electrons. The highest BCUT2D eigenvalue weighted by Gasteiger charge is 2.35. The second-order valence-corrected chi connectivity index (χ2v) is 5.60. The number of hydrogen-bond acceptors (Lipinski definition) is 2. The highest BCUT2D eigenvalue weighted by molar-refractivity contribution is 6.35. The Hall–Kier alpha value is -0.280. The van der Waals surface area contributed by atoms with Crippen LogP contribution in [0.4, 0.5) is 0 Å². The smallest absolute Gasteiger partial charge is 0.0828 e. The minimum absolute atomic E-state index is 0.169. The Morgan fingerprint density at radius 1 is 1.26 bits per heavy atom. The van der Waals surface area contributed by atoms with Gasteiger partial charge in [0.2, 0.25) is 0 Å². The monoisotopic (exact) mass is 303 g/mol. The van der Waals surface area contributed by atoms with Crippen LogP contribution >= 0.6 is 23.2 Å². The van der Waals surface area contributed by atoms with Gasteiger partial charge in [-0.15, -0.1) is 0 Å². The van der Waals surface area contributed by atoms with Crippen molar-refractivity contribution in [1.29, 1.82) is 0 Å². The number of methoxy groups -OCH3 is 1. The molecule has 0 fully saturated rings. The summed E-state index contributed by atoms with van der Waals surface area (Å²) in [5.41, 5.74) is 0.922. The molecule has 1 aromatic carbocycles. The molecule has 0 aliphatic heterocycles. The van der Waals surface area contributed by atoms with Crippen molar-refractivity contribution >= 4 is 23.2 Å². The fourth-order valence-corrected chi connectivity index (χ4v) is 3.12. The summed E-state index contributed by atoms with van der Waals surface area (Å²) >= 11 is 12.2. The lowest BCUT2D eigenvalue weighted by atomic mass is 9.84. The minimum atomic E-state index is -0.169. The molecule has 0 heterocycles. The van der Waals surface area contributed by atoms with Gasteiger partial charge in [-0.25, -0.2) is 0 Å². The van der Waals surface area contributed by atoms with E-state index in [2.05, 4.69) is 19.2 Å². The van der Waals surface area contributed by atoms with E-state index in [0.717, 1.165) is 24.8 Å². The predicted octanol–water partition coefficient (Wildman–Crippen LogP) is 4.33. The van der Waals surface area contributed by atoms with E-state index in [4.69, 9.17) is 27.9 Å². The van der Waals surface area contributed by atoms with E-state index >= 15 is 0 Å². The maximum absolute atomic E-state index is 6.26. The molecule has 4 heteroatoms. The number of benzene rings is 1. The van der Waals surface area contributed by atoms with Crippen molar-refractivity contribution in [3.05, 3.63) is 33.8 Å². The fraction of sp³-hybridized carbons (Fsp3) is 0.600. The largest absolute Gasteiger partial charge is 0.377 e. The lowest BCUT2D eigenvalue weighted by Gasteiger charge is -2.38. The molecular formula is C15H23Cl2NO. The molecule has 0 bridgehead atoms. The van der Waals surface area contributed by atoms with Gasteiger partial charge in [-0.05, 0) is 44.0 Å². The molecule has 0 spiro atoms. The summed E-state index contributed by atoms with van der Waals surface area (Å²) in [5.74, 6) is 0. The van der Waals surface area contributed by atoms with E-state index in [1.807, 2.05) is 19.2 Å². The zero-order valence-corrected chi connectivity index (χ0v) is 13.6. The van der Waals surface area contributed by atoms with Crippen molar-refractivity contribution in [1.82, 2.24) is 5.32 Å². The number of likely N-dealkylation sites (N-methyl/N-ethyl adjacent to an activating group) is 1. The molecule has 1 N–H and O–H groups in total. The van der Waals surface area contributed by atoms with Crippen LogP contribution in [0, 0.1) is 0 Å². The maximum atomic E-state index is 6.26. The number of hydrogen-bond donors (Lipinski definition) is 1. The standard InChI is InChI=1S/C15H23Cl2NO/c1-5-15(6-2,19-4)14(18-3)9-11-7-8-12(16)10-13(11)17/h7-8,10,14,18H,5-6,9H2,1-4H3. The first-order valence-corrected chi connectivity index (χ1v) is 7.44. The Kier molecular flexibility index (Phi) is 6.61. The Morgan fingerprint density at radius 2 is 1.89 bits per heavy atom. The van der Waals surface area contributed by atoms with Gasteiger partial charge in [-0.2, -0.15) is 0 Å². The van der Waals surface area contributed by atoms with Crippen LogP contribution in [-0.4, -0.2) is 25.8 Å². The average Bonchev–Trinajstić information content (AvgIpc) is 2.42. The van der Waals surface area contributed by atoms with Crippen LogP contribution in [0.15, 0.2) is 18.2 Å². The molecule has 0 saturated heterocycles. The second kappa shape index (κ2) is 7.49. The van der Waals surface area contributed by atoms with Crippen molar-refractivity contribution in [2.75, 3.05) is 14.2 Å². The third-order valence-corrected chi connectivity index (χ3v) is 4.61. The van der Waals surface area contributed by atoms with Gasteiger partial charge < -0.3 is 10.1 Å². The predicted molar refractivity (Wildman–Crippen MR) is 83.3 cm³/mol. The van der Waals surface area contributed by atoms with E-state index in [-0.39, 0.29) is 11.6 Å². The molecule has 1 rings (SSSR count). The molecule has 19 heavy (non-hydrogen) atoms. The number of halogens is 2. The van der Waals surface area contributed by atoms with Crippen LogP contribution < -0.4 is 5.32 Å². The Balaban J connectivity index is 2.98. The maximum Gasteiger partial charge on any atom is 0.0828 e. The van der Waals surface area contributed by atoms with Crippen LogP contribution in [0.3, 0.4) is 0 Å². The Labute approximate surface area is 126 Å². The molecule has 0 amide bonds. The van der Waals surface area contributed by atoms with Crippen LogP contribution in [0.2, 0.25) is 10.0 Å². The number of rotatable bonds is 7. The van der Waals surface area contributed by atoms with Crippen LogP contribution in [0.25, 0.3) is 0 Å². The molecule has 1 unspecified atom stereocenters. The van der Waals surface area contributed by atoms with E-state index in [1.165, 1.54) is 0 Å². The van der Waals surface area contributed by atoms with E-state index in [0.29, 0.717) is 10.0 Å². The molecule has 1 aromatic rings. The van der Waals surface area contributed by atoms with Crippen molar-refractivity contribution in [2.24, 2.45) is 0 Å². The van der Waals surface area contributed by atoms with Crippen molar-refractivity contribution in [3.8, 4) is 0 Å². The summed E-state index contributed by atoms with van der Waals surface area (Å²) in [5, 5.41) is 4.75. The minimum Gasteiger partial charge on any atom is -0.377 e. The topological polar surface area (TPSA) is 21.3 Å². The summed E-state index contributed by atoms with van der Waals surface area (Å²) in [6.45, 7) is 4.31. The van der Waals surface area contributed by atoms with Gasteiger partial charge in [0.25, 0.3) is 0 Å². The van der Waals surface area contributed by atoms with Gasteiger partial charge in [0.1, 0.15) is 0 Å². The fourth-order valence-electron chi connectivity index (χ4n) is 2.63. The van der Waals surface area contributed by atoms with Crippen LogP contribution in [0.5, 0.6) is 0 Å². The first-order valence-electron chi connectivity index (χ1n) is 6.69. The van der Waals surface area contributed by atoms with Crippen molar-refractivity contribution < 1.29 is 4.74 Å². The normalized spacial score (nSPS) is 13.6. The highest BCUT2D eigenvalue weighted by Crippen LogP contribution is 2.29. The molecule has 108 valence electrons. The van der Waals surface area contributed by atoms with E-state index in [1.54, 1.807) is 13.2 Å². The molecule has 0 aromatic heterocycles. The molecule has 0 aliphatic carbocycles. The Morgan fingerprint density at radius 3 is 2.32 bits per heavy atom. The summed E-state index contributed by atoms with van der Waals surface area (Å²) in [7, 11) is 3.74. The number of ether oxygens (including phenoxy) is 1. The molecule has 2 nitrogen and oxygen atoms in total. The SMILES string of the molecule is CCC(CC)(OC)C(Cc1ccc(Cl)cc1Cl)NC. The van der Waals surface area contributed by atoms with Gasteiger partial charge in [-0.1, -0.05) is 43.1 Å². The zero-order valence-electron chi connectivity index (χ0n) is 12.1. The molecular weight excluding hydrogens is 281 g/mol. The third-order valence-electron chi connectivity index (χ3n) is 4.03. The van der Waals surface area contributed by atoms with Crippen molar-refractivity contribution in [3.63, 3.8) is 0 Å². The summed E-state index contributed by atoms with van der Waals surface area (Å²) in [6, 6.07) is 5.87. The highest BCUT2D eigenvalue weighted by atomic mass is 35.5. The Bertz CT molecular complexity index is 397. The third kappa shape index (κ3) is 3.85. The lowest BCUT2D eigenvalue weighted by molar-refractivity contribution is -0.0454. The van der Waals surface area contributed by atoms with Gasteiger partial charge in [0.05, 0.1) is 5.60 Å².